The molecule has 1 heteroatoms. The second kappa shape index (κ2) is 3.02. The van der Waals surface area contributed by atoms with Gasteiger partial charge in [-0.2, -0.15) is 0 Å². The molecule has 1 aliphatic carbocycles. The van der Waals surface area contributed by atoms with Crippen molar-refractivity contribution in [3.8, 4) is 0 Å². The highest BCUT2D eigenvalue weighted by Crippen LogP contribution is 2.21. The highest BCUT2D eigenvalue weighted by Gasteiger charge is 2.09. The summed E-state index contributed by atoms with van der Waals surface area (Å²) in [5.74, 6) is 0.523. The van der Waals surface area contributed by atoms with E-state index in [9.17, 15) is 0 Å². The molecule has 0 atom stereocenters. The number of rotatable bonds is 1. The fourth-order valence-electron chi connectivity index (χ4n) is 1.49. The van der Waals surface area contributed by atoms with E-state index in [1.54, 1.807) is 0 Å². The number of likely N-dealkylation sites (N-methyl/N-ethyl adjacent to an activating group) is 1. The predicted octanol–water partition coefficient (Wildman–Crippen LogP) is 2.11. The molecule has 0 radical (unpaired) electrons. The van der Waals surface area contributed by atoms with E-state index in [0.29, 0.717) is 5.92 Å². The van der Waals surface area contributed by atoms with Crippen molar-refractivity contribution in [2.24, 2.45) is 5.92 Å². The van der Waals surface area contributed by atoms with Crippen LogP contribution in [0.3, 0.4) is 0 Å². The van der Waals surface area contributed by atoms with Gasteiger partial charge >= 0.3 is 0 Å². The third-order valence-electron chi connectivity index (χ3n) is 2.27. The average Bonchev–Trinajstić information content (AvgIpc) is 2.58. The van der Waals surface area contributed by atoms with Crippen LogP contribution in [0.4, 0.5) is 0 Å². The first kappa shape index (κ1) is 7.41. The zero-order valence-corrected chi connectivity index (χ0v) is 7.27. The topological polar surface area (TPSA) is 3.24 Å². The molecule has 1 heterocycles. The summed E-state index contributed by atoms with van der Waals surface area (Å²) in [6, 6.07) is 0. The Labute approximate surface area is 73.4 Å². The average molecular weight is 159 g/mol. The highest BCUT2D eigenvalue weighted by molar-refractivity contribution is 5.36. The molecule has 2 rings (SSSR count). The molecule has 0 N–H and O–H groups in total. The largest absolute Gasteiger partial charge is 0.377 e. The van der Waals surface area contributed by atoms with Crippen LogP contribution in [0.5, 0.6) is 0 Å². The van der Waals surface area contributed by atoms with Crippen LogP contribution in [0.2, 0.25) is 0 Å². The van der Waals surface area contributed by atoms with E-state index in [2.05, 4.69) is 54.6 Å². The lowest BCUT2D eigenvalue weighted by Crippen LogP contribution is -2.15. The lowest BCUT2D eigenvalue weighted by atomic mass is 9.99. The standard InChI is InChI=1S/C11H13N/c1-12-8-6-11(7-9-12)10-4-2-3-5-10/h2-8,10H,9H2,1H3. The maximum atomic E-state index is 2.28. The maximum Gasteiger partial charge on any atom is 0.0356 e. The van der Waals surface area contributed by atoms with Crippen molar-refractivity contribution in [2.75, 3.05) is 13.6 Å². The van der Waals surface area contributed by atoms with Crippen LogP contribution in [0.1, 0.15) is 0 Å². The molecule has 0 aromatic rings. The Kier molecular flexibility index (Phi) is 1.86. The van der Waals surface area contributed by atoms with Crippen molar-refractivity contribution < 1.29 is 0 Å². The zero-order chi connectivity index (χ0) is 8.39. The molecule has 0 amide bonds. The van der Waals surface area contributed by atoms with E-state index in [0.717, 1.165) is 6.54 Å². The number of allylic oxidation sites excluding steroid dienone is 6. The van der Waals surface area contributed by atoms with Gasteiger partial charge in [-0.3, -0.25) is 0 Å². The summed E-state index contributed by atoms with van der Waals surface area (Å²) in [6.07, 6.45) is 15.3. The molecule has 0 aromatic carbocycles. The van der Waals surface area contributed by atoms with Gasteiger partial charge in [0.2, 0.25) is 0 Å². The quantitative estimate of drug-likeness (QED) is 0.566. The van der Waals surface area contributed by atoms with Gasteiger partial charge in [0, 0.05) is 19.5 Å². The summed E-state index contributed by atoms with van der Waals surface area (Å²) in [4.78, 5) is 2.17. The first-order valence-electron chi connectivity index (χ1n) is 4.30. The van der Waals surface area contributed by atoms with E-state index in [4.69, 9.17) is 0 Å². The highest BCUT2D eigenvalue weighted by atomic mass is 15.1. The third-order valence-corrected chi connectivity index (χ3v) is 2.27. The molecule has 1 nitrogen and oxygen atoms in total. The summed E-state index contributed by atoms with van der Waals surface area (Å²) in [5.41, 5.74) is 1.41. The minimum absolute atomic E-state index is 0.523. The zero-order valence-electron chi connectivity index (χ0n) is 7.27. The molecule has 0 fully saturated rings. The van der Waals surface area contributed by atoms with Crippen LogP contribution in [-0.2, 0) is 0 Å². The van der Waals surface area contributed by atoms with E-state index in [1.165, 1.54) is 5.57 Å². The van der Waals surface area contributed by atoms with Crippen LogP contribution in [0.15, 0.2) is 48.2 Å². The van der Waals surface area contributed by atoms with Crippen LogP contribution in [0, 0.1) is 5.92 Å². The molecule has 0 saturated carbocycles. The van der Waals surface area contributed by atoms with Crippen LogP contribution < -0.4 is 0 Å². The third kappa shape index (κ3) is 1.35. The first-order chi connectivity index (χ1) is 5.86. The minimum atomic E-state index is 0.523. The Hall–Kier alpha value is -1.24. The summed E-state index contributed by atoms with van der Waals surface area (Å²) >= 11 is 0. The molecule has 0 aromatic heterocycles. The van der Waals surface area contributed by atoms with Gasteiger partial charge in [-0.05, 0) is 17.8 Å². The van der Waals surface area contributed by atoms with E-state index in [1.807, 2.05) is 0 Å². The summed E-state index contributed by atoms with van der Waals surface area (Å²) in [6.45, 7) is 1.03. The van der Waals surface area contributed by atoms with Gasteiger partial charge in [-0.1, -0.05) is 30.4 Å². The van der Waals surface area contributed by atoms with E-state index >= 15 is 0 Å². The Morgan fingerprint density at radius 1 is 1.33 bits per heavy atom. The molecule has 12 heavy (non-hydrogen) atoms. The van der Waals surface area contributed by atoms with Gasteiger partial charge in [0.1, 0.15) is 0 Å². The van der Waals surface area contributed by atoms with Gasteiger partial charge in [0.15, 0.2) is 0 Å². The summed E-state index contributed by atoms with van der Waals surface area (Å²) < 4.78 is 0. The van der Waals surface area contributed by atoms with Gasteiger partial charge in [-0.25, -0.2) is 0 Å². The molecular formula is C11H13N. The molecule has 0 unspecified atom stereocenters. The Morgan fingerprint density at radius 2 is 2.08 bits per heavy atom. The predicted molar refractivity (Wildman–Crippen MR) is 51.6 cm³/mol. The second-order valence-electron chi connectivity index (χ2n) is 3.26. The van der Waals surface area contributed by atoms with Gasteiger partial charge < -0.3 is 4.90 Å². The van der Waals surface area contributed by atoms with Crippen molar-refractivity contribution in [1.29, 1.82) is 0 Å². The molecule has 0 spiro atoms. The Balaban J connectivity index is 2.11. The molecule has 1 aliphatic heterocycles. The van der Waals surface area contributed by atoms with Gasteiger partial charge in [0.25, 0.3) is 0 Å². The fraction of sp³-hybridized carbons (Fsp3) is 0.273. The van der Waals surface area contributed by atoms with Crippen molar-refractivity contribution in [3.05, 3.63) is 48.2 Å². The molecule has 0 saturated heterocycles. The lowest BCUT2D eigenvalue weighted by Gasteiger charge is -2.18. The minimum Gasteiger partial charge on any atom is -0.377 e. The molecule has 2 aliphatic rings. The van der Waals surface area contributed by atoms with Gasteiger partial charge in [0.05, 0.1) is 0 Å². The van der Waals surface area contributed by atoms with Gasteiger partial charge in [-0.15, -0.1) is 0 Å². The second-order valence-corrected chi connectivity index (χ2v) is 3.26. The van der Waals surface area contributed by atoms with Crippen molar-refractivity contribution in [1.82, 2.24) is 4.90 Å². The number of hydrogen-bond acceptors (Lipinski definition) is 1. The number of hydrogen-bond donors (Lipinski definition) is 0. The summed E-state index contributed by atoms with van der Waals surface area (Å²) in [5, 5.41) is 0. The SMILES string of the molecule is CN1C=CC(C2C=CC=C2)=CC1. The van der Waals surface area contributed by atoms with Crippen LogP contribution >= 0.6 is 0 Å². The first-order valence-corrected chi connectivity index (χ1v) is 4.30. The van der Waals surface area contributed by atoms with Crippen molar-refractivity contribution in [2.45, 2.75) is 0 Å². The Bertz CT molecular complexity index is 269. The van der Waals surface area contributed by atoms with E-state index < -0.39 is 0 Å². The Morgan fingerprint density at radius 3 is 2.67 bits per heavy atom. The fourth-order valence-corrected chi connectivity index (χ4v) is 1.49. The smallest absolute Gasteiger partial charge is 0.0356 e. The monoisotopic (exact) mass is 159 g/mol. The summed E-state index contributed by atoms with van der Waals surface area (Å²) in [7, 11) is 2.09. The van der Waals surface area contributed by atoms with E-state index in [-0.39, 0.29) is 0 Å². The molecule has 0 bridgehead atoms. The van der Waals surface area contributed by atoms with Crippen molar-refractivity contribution >= 4 is 0 Å². The maximum absolute atomic E-state index is 2.28. The molecule has 62 valence electrons. The molecular weight excluding hydrogens is 146 g/mol. The number of nitrogens with zero attached hydrogens (tertiary/aromatic N) is 1. The van der Waals surface area contributed by atoms with Crippen molar-refractivity contribution in [3.63, 3.8) is 0 Å². The lowest BCUT2D eigenvalue weighted by molar-refractivity contribution is 0.500. The van der Waals surface area contributed by atoms with Crippen LogP contribution in [-0.4, -0.2) is 18.5 Å². The normalized spacial score (nSPS) is 22.1. The van der Waals surface area contributed by atoms with Crippen LogP contribution in [0.25, 0.3) is 0 Å².